The topological polar surface area (TPSA) is 49.4 Å². The van der Waals surface area contributed by atoms with E-state index < -0.39 is 10.2 Å². The molecule has 0 spiro atoms. The molecule has 76 valence electrons. The van der Waals surface area contributed by atoms with Crippen LogP contribution >= 0.6 is 0 Å². The first kappa shape index (κ1) is 9.64. The van der Waals surface area contributed by atoms with Crippen LogP contribution < -0.4 is 4.72 Å². The maximum atomic E-state index is 11.4. The van der Waals surface area contributed by atoms with E-state index in [-0.39, 0.29) is 0 Å². The van der Waals surface area contributed by atoms with Crippen molar-refractivity contribution in [2.45, 2.75) is 6.54 Å². The van der Waals surface area contributed by atoms with Gasteiger partial charge in [0.1, 0.15) is 0 Å². The Labute approximate surface area is 83.7 Å². The predicted molar refractivity (Wildman–Crippen MR) is 53.8 cm³/mol. The van der Waals surface area contributed by atoms with Crippen LogP contribution in [0.1, 0.15) is 5.56 Å². The van der Waals surface area contributed by atoms with Crippen molar-refractivity contribution in [3.05, 3.63) is 35.9 Å². The molecule has 0 radical (unpaired) electrons. The lowest BCUT2D eigenvalue weighted by atomic mass is 10.2. The number of rotatable bonds is 2. The fraction of sp³-hybridized carbons (Fsp3) is 0.333. The maximum Gasteiger partial charge on any atom is 0.279 e. The van der Waals surface area contributed by atoms with Gasteiger partial charge in [0.05, 0.1) is 0 Å². The van der Waals surface area contributed by atoms with Crippen molar-refractivity contribution in [2.24, 2.45) is 0 Å². The Hall–Kier alpha value is -0.910. The fourth-order valence-electron chi connectivity index (χ4n) is 1.46. The molecule has 1 aliphatic heterocycles. The largest absolute Gasteiger partial charge is 0.279 e. The summed E-state index contributed by atoms with van der Waals surface area (Å²) in [5.74, 6) is 0. The molecule has 0 unspecified atom stereocenters. The van der Waals surface area contributed by atoms with E-state index in [2.05, 4.69) is 4.72 Å². The molecule has 0 aliphatic carbocycles. The van der Waals surface area contributed by atoms with E-state index in [9.17, 15) is 8.42 Å². The van der Waals surface area contributed by atoms with Crippen molar-refractivity contribution in [3.8, 4) is 0 Å². The molecule has 1 N–H and O–H groups in total. The number of hydrogen-bond acceptors (Lipinski definition) is 2. The SMILES string of the molecule is O=S1(=O)NCCN1Cc1ccccc1. The van der Waals surface area contributed by atoms with Crippen LogP contribution in [-0.4, -0.2) is 25.8 Å². The smallest absolute Gasteiger partial charge is 0.201 e. The number of hydrogen-bond donors (Lipinski definition) is 1. The Balaban J connectivity index is 2.13. The lowest BCUT2D eigenvalue weighted by Gasteiger charge is -2.12. The zero-order valence-corrected chi connectivity index (χ0v) is 8.50. The summed E-state index contributed by atoms with van der Waals surface area (Å²) < 4.78 is 26.7. The highest BCUT2D eigenvalue weighted by Crippen LogP contribution is 2.10. The van der Waals surface area contributed by atoms with Crippen LogP contribution in [0.2, 0.25) is 0 Å². The van der Waals surface area contributed by atoms with Crippen molar-refractivity contribution in [3.63, 3.8) is 0 Å². The highest BCUT2D eigenvalue weighted by Gasteiger charge is 2.27. The second-order valence-electron chi connectivity index (χ2n) is 3.22. The first-order valence-corrected chi connectivity index (χ1v) is 5.91. The summed E-state index contributed by atoms with van der Waals surface area (Å²) in [6, 6.07) is 9.58. The number of nitrogens with one attached hydrogen (secondary N) is 1. The summed E-state index contributed by atoms with van der Waals surface area (Å²) in [6.45, 7) is 1.52. The summed E-state index contributed by atoms with van der Waals surface area (Å²) in [6.07, 6.45) is 0. The van der Waals surface area contributed by atoms with Crippen LogP contribution in [0, 0.1) is 0 Å². The minimum Gasteiger partial charge on any atom is -0.201 e. The standard InChI is InChI=1S/C9H12N2O2S/c12-14(13)10-6-7-11(14)8-9-4-2-1-3-5-9/h1-5,10H,6-8H2. The zero-order chi connectivity index (χ0) is 10.0. The highest BCUT2D eigenvalue weighted by molar-refractivity contribution is 7.87. The maximum absolute atomic E-state index is 11.4. The third-order valence-electron chi connectivity index (χ3n) is 2.19. The van der Waals surface area contributed by atoms with E-state index in [4.69, 9.17) is 0 Å². The molecule has 1 aromatic carbocycles. The van der Waals surface area contributed by atoms with E-state index >= 15 is 0 Å². The fourth-order valence-corrected chi connectivity index (χ4v) is 2.64. The van der Waals surface area contributed by atoms with Gasteiger partial charge < -0.3 is 0 Å². The molecule has 1 saturated heterocycles. The Bertz CT molecular complexity index is 402. The van der Waals surface area contributed by atoms with Crippen molar-refractivity contribution >= 4 is 10.2 Å². The molecule has 2 rings (SSSR count). The average molecular weight is 212 g/mol. The Kier molecular flexibility index (Phi) is 2.54. The van der Waals surface area contributed by atoms with Crippen LogP contribution in [0.4, 0.5) is 0 Å². The zero-order valence-electron chi connectivity index (χ0n) is 7.68. The summed E-state index contributed by atoms with van der Waals surface area (Å²) in [7, 11) is -3.20. The van der Waals surface area contributed by atoms with Gasteiger partial charge in [-0.15, -0.1) is 0 Å². The lowest BCUT2D eigenvalue weighted by Crippen LogP contribution is -2.28. The molecule has 1 fully saturated rings. The van der Waals surface area contributed by atoms with Gasteiger partial charge in [-0.25, -0.2) is 4.72 Å². The van der Waals surface area contributed by atoms with E-state index in [1.165, 1.54) is 4.31 Å². The first-order chi connectivity index (χ1) is 6.68. The van der Waals surface area contributed by atoms with Gasteiger partial charge in [0.2, 0.25) is 0 Å². The van der Waals surface area contributed by atoms with Gasteiger partial charge in [-0.2, -0.15) is 12.7 Å². The molecular weight excluding hydrogens is 200 g/mol. The van der Waals surface area contributed by atoms with Crippen LogP contribution in [0.15, 0.2) is 30.3 Å². The van der Waals surface area contributed by atoms with Crippen molar-refractivity contribution in [1.82, 2.24) is 9.03 Å². The molecule has 0 bridgehead atoms. The minimum atomic E-state index is -3.20. The van der Waals surface area contributed by atoms with Crippen LogP contribution in [0.5, 0.6) is 0 Å². The van der Waals surface area contributed by atoms with Crippen LogP contribution in [0.25, 0.3) is 0 Å². The van der Waals surface area contributed by atoms with Crippen molar-refractivity contribution in [2.75, 3.05) is 13.1 Å². The van der Waals surface area contributed by atoms with E-state index in [1.807, 2.05) is 30.3 Å². The molecule has 0 saturated carbocycles. The normalized spacial score (nSPS) is 21.1. The molecule has 4 nitrogen and oxygen atoms in total. The number of benzene rings is 1. The Morgan fingerprint density at radius 1 is 1.29 bits per heavy atom. The van der Waals surface area contributed by atoms with Crippen LogP contribution in [0.3, 0.4) is 0 Å². The average Bonchev–Trinajstić information content (AvgIpc) is 2.48. The van der Waals surface area contributed by atoms with Gasteiger partial charge in [-0.3, -0.25) is 0 Å². The van der Waals surface area contributed by atoms with Crippen LogP contribution in [-0.2, 0) is 16.8 Å². The summed E-state index contributed by atoms with van der Waals surface area (Å²) >= 11 is 0. The van der Waals surface area contributed by atoms with E-state index in [0.717, 1.165) is 5.56 Å². The summed E-state index contributed by atoms with van der Waals surface area (Å²) in [5.41, 5.74) is 1.01. The monoisotopic (exact) mass is 212 g/mol. The molecule has 1 heterocycles. The van der Waals surface area contributed by atoms with Gasteiger partial charge in [0.15, 0.2) is 0 Å². The minimum absolute atomic E-state index is 0.455. The second kappa shape index (κ2) is 3.68. The van der Waals surface area contributed by atoms with Gasteiger partial charge >= 0.3 is 0 Å². The quantitative estimate of drug-likeness (QED) is 0.768. The summed E-state index contributed by atoms with van der Waals surface area (Å²) in [5, 5.41) is 0. The molecule has 5 heteroatoms. The third-order valence-corrected chi connectivity index (χ3v) is 3.75. The summed E-state index contributed by atoms with van der Waals surface area (Å²) in [4.78, 5) is 0. The van der Waals surface area contributed by atoms with Gasteiger partial charge in [-0.05, 0) is 5.56 Å². The first-order valence-electron chi connectivity index (χ1n) is 4.47. The molecule has 1 aromatic rings. The Morgan fingerprint density at radius 3 is 2.57 bits per heavy atom. The van der Waals surface area contributed by atoms with Gasteiger partial charge in [0, 0.05) is 19.6 Å². The van der Waals surface area contributed by atoms with E-state index in [1.54, 1.807) is 0 Å². The molecule has 0 atom stereocenters. The molecular formula is C9H12N2O2S. The third kappa shape index (κ3) is 1.95. The second-order valence-corrected chi connectivity index (χ2v) is 4.97. The molecule has 0 aromatic heterocycles. The molecule has 1 aliphatic rings. The van der Waals surface area contributed by atoms with Crippen molar-refractivity contribution in [1.29, 1.82) is 0 Å². The van der Waals surface area contributed by atoms with Gasteiger partial charge in [0.25, 0.3) is 10.2 Å². The lowest BCUT2D eigenvalue weighted by molar-refractivity contribution is 0.446. The molecule has 0 amide bonds. The molecule has 14 heavy (non-hydrogen) atoms. The Morgan fingerprint density at radius 2 is 2.00 bits per heavy atom. The van der Waals surface area contributed by atoms with Gasteiger partial charge in [-0.1, -0.05) is 30.3 Å². The number of nitrogens with zero attached hydrogens (tertiary/aromatic N) is 1. The predicted octanol–water partition coefficient (Wildman–Crippen LogP) is 0.337. The van der Waals surface area contributed by atoms with E-state index in [0.29, 0.717) is 19.6 Å². The van der Waals surface area contributed by atoms with Crippen molar-refractivity contribution < 1.29 is 8.42 Å². The highest BCUT2D eigenvalue weighted by atomic mass is 32.2.